The van der Waals surface area contributed by atoms with Crippen LogP contribution in [0.1, 0.15) is 24.4 Å². The Labute approximate surface area is 177 Å². The second-order valence-electron chi connectivity index (χ2n) is 5.76. The zero-order valence-electron chi connectivity index (χ0n) is 16.1. The Balaban J connectivity index is 0.00000364. The zero-order valence-corrected chi connectivity index (χ0v) is 18.5. The summed E-state index contributed by atoms with van der Waals surface area (Å²) in [5.74, 6) is 2.69. The van der Waals surface area contributed by atoms with Gasteiger partial charge in [0, 0.05) is 31.8 Å². The summed E-state index contributed by atoms with van der Waals surface area (Å²) in [5.41, 5.74) is 1.01. The number of aliphatic hydroxyl groups excluding tert-OH is 1. The number of aliphatic imine (C=N–C) groups is 1. The lowest BCUT2D eigenvalue weighted by Crippen LogP contribution is -2.38. The number of hydrogen-bond acceptors (Lipinski definition) is 5. The number of ether oxygens (including phenoxy) is 2. The van der Waals surface area contributed by atoms with Gasteiger partial charge in [-0.05, 0) is 31.2 Å². The van der Waals surface area contributed by atoms with Crippen molar-refractivity contribution >= 4 is 29.9 Å². The van der Waals surface area contributed by atoms with Gasteiger partial charge in [0.2, 0.25) is 0 Å². The van der Waals surface area contributed by atoms with Gasteiger partial charge in [0.1, 0.15) is 23.4 Å². The summed E-state index contributed by atoms with van der Waals surface area (Å²) in [6.07, 6.45) is 0.762. The van der Waals surface area contributed by atoms with Gasteiger partial charge in [-0.3, -0.25) is 0 Å². The summed E-state index contributed by atoms with van der Waals surface area (Å²) in [7, 11) is 5.20. The molecule has 2 N–H and O–H groups in total. The number of halogens is 1. The van der Waals surface area contributed by atoms with Crippen molar-refractivity contribution in [1.29, 1.82) is 0 Å². The first kappa shape index (κ1) is 23.1. The molecule has 0 saturated carbocycles. The standard InChI is InChI=1S/C19H27N3O4.HI/c1-5-20-19(21-12-16(23)17-7-6-10-26-17)22(2)13-14-8-9-15(24-3)11-18(14)25-4;/h6-11,16,23H,5,12-13H2,1-4H3,(H,20,21);1H. The van der Waals surface area contributed by atoms with Crippen LogP contribution in [0.2, 0.25) is 0 Å². The van der Waals surface area contributed by atoms with Gasteiger partial charge in [-0.1, -0.05) is 0 Å². The first-order chi connectivity index (χ1) is 12.6. The molecule has 1 heterocycles. The first-order valence-corrected chi connectivity index (χ1v) is 8.50. The van der Waals surface area contributed by atoms with Crippen LogP contribution in [-0.2, 0) is 6.54 Å². The lowest BCUT2D eigenvalue weighted by Gasteiger charge is -2.23. The summed E-state index contributed by atoms with van der Waals surface area (Å²) in [5, 5.41) is 13.4. The molecule has 27 heavy (non-hydrogen) atoms. The Morgan fingerprint density at radius 3 is 2.67 bits per heavy atom. The van der Waals surface area contributed by atoms with Crippen LogP contribution in [-0.4, -0.2) is 50.3 Å². The number of nitrogens with zero attached hydrogens (tertiary/aromatic N) is 2. The van der Waals surface area contributed by atoms with Gasteiger partial charge in [0.15, 0.2) is 5.96 Å². The van der Waals surface area contributed by atoms with Crippen molar-refractivity contribution in [3.8, 4) is 11.5 Å². The van der Waals surface area contributed by atoms with Gasteiger partial charge in [0.05, 0.1) is 27.0 Å². The van der Waals surface area contributed by atoms with Crippen LogP contribution in [0, 0.1) is 0 Å². The molecule has 0 aliphatic heterocycles. The quantitative estimate of drug-likeness (QED) is 0.337. The highest BCUT2D eigenvalue weighted by atomic mass is 127. The van der Waals surface area contributed by atoms with Crippen molar-refractivity contribution in [2.24, 2.45) is 4.99 Å². The Hall–Kier alpha value is -1.94. The molecule has 7 nitrogen and oxygen atoms in total. The van der Waals surface area contributed by atoms with Crippen molar-refractivity contribution < 1.29 is 19.0 Å². The number of methoxy groups -OCH3 is 2. The van der Waals surface area contributed by atoms with E-state index >= 15 is 0 Å². The fourth-order valence-electron chi connectivity index (χ4n) is 2.53. The maximum absolute atomic E-state index is 10.2. The van der Waals surface area contributed by atoms with Crippen LogP contribution in [0.15, 0.2) is 46.0 Å². The molecule has 0 saturated heterocycles. The van der Waals surface area contributed by atoms with Gasteiger partial charge >= 0.3 is 0 Å². The third-order valence-corrected chi connectivity index (χ3v) is 3.88. The van der Waals surface area contributed by atoms with Gasteiger partial charge < -0.3 is 29.2 Å². The summed E-state index contributed by atoms with van der Waals surface area (Å²) in [6.45, 7) is 3.52. The third-order valence-electron chi connectivity index (χ3n) is 3.88. The molecule has 1 aromatic heterocycles. The van der Waals surface area contributed by atoms with Gasteiger partial charge in [-0.15, -0.1) is 24.0 Å². The molecule has 0 aliphatic rings. The molecular formula is C19H28IN3O4. The van der Waals surface area contributed by atoms with Crippen LogP contribution in [0.4, 0.5) is 0 Å². The molecule has 2 aromatic rings. The van der Waals surface area contributed by atoms with Gasteiger partial charge in [0.25, 0.3) is 0 Å². The van der Waals surface area contributed by atoms with E-state index in [4.69, 9.17) is 13.9 Å². The van der Waals surface area contributed by atoms with Crippen molar-refractivity contribution in [3.05, 3.63) is 47.9 Å². The number of rotatable bonds is 8. The molecule has 0 amide bonds. The monoisotopic (exact) mass is 489 g/mol. The van der Waals surface area contributed by atoms with Crippen molar-refractivity contribution in [2.75, 3.05) is 34.4 Å². The second kappa shape index (κ2) is 11.7. The largest absolute Gasteiger partial charge is 0.497 e. The van der Waals surface area contributed by atoms with E-state index in [9.17, 15) is 5.11 Å². The van der Waals surface area contributed by atoms with E-state index in [2.05, 4.69) is 10.3 Å². The SMILES string of the molecule is CCNC(=NCC(O)c1ccco1)N(C)Cc1ccc(OC)cc1OC.I. The number of nitrogens with one attached hydrogen (secondary N) is 1. The van der Waals surface area contributed by atoms with E-state index in [-0.39, 0.29) is 30.5 Å². The molecule has 2 rings (SSSR count). The van der Waals surface area contributed by atoms with E-state index in [0.717, 1.165) is 23.6 Å². The maximum Gasteiger partial charge on any atom is 0.194 e. The van der Waals surface area contributed by atoms with E-state index < -0.39 is 6.10 Å². The minimum atomic E-state index is -0.775. The minimum absolute atomic E-state index is 0. The highest BCUT2D eigenvalue weighted by Gasteiger charge is 2.14. The van der Waals surface area contributed by atoms with Gasteiger partial charge in [-0.2, -0.15) is 0 Å². The lowest BCUT2D eigenvalue weighted by molar-refractivity contribution is 0.158. The van der Waals surface area contributed by atoms with E-state index in [1.807, 2.05) is 37.1 Å². The molecule has 150 valence electrons. The van der Waals surface area contributed by atoms with Crippen LogP contribution in [0.25, 0.3) is 0 Å². The normalized spacial score (nSPS) is 12.1. The molecule has 1 atom stereocenters. The highest BCUT2D eigenvalue weighted by molar-refractivity contribution is 14.0. The van der Waals surface area contributed by atoms with Crippen LogP contribution in [0.3, 0.4) is 0 Å². The third kappa shape index (κ3) is 6.62. The van der Waals surface area contributed by atoms with E-state index in [1.54, 1.807) is 26.4 Å². The highest BCUT2D eigenvalue weighted by Crippen LogP contribution is 2.25. The van der Waals surface area contributed by atoms with Crippen LogP contribution in [0.5, 0.6) is 11.5 Å². The molecule has 0 fully saturated rings. The first-order valence-electron chi connectivity index (χ1n) is 8.50. The number of furan rings is 1. The molecule has 1 unspecified atom stereocenters. The summed E-state index contributed by atoms with van der Waals surface area (Å²) < 4.78 is 15.9. The molecule has 0 aliphatic carbocycles. The number of hydrogen-bond donors (Lipinski definition) is 2. The molecular weight excluding hydrogens is 461 g/mol. The fraction of sp³-hybridized carbons (Fsp3) is 0.421. The molecule has 0 spiro atoms. The van der Waals surface area contributed by atoms with E-state index in [1.165, 1.54) is 6.26 Å². The fourth-order valence-corrected chi connectivity index (χ4v) is 2.53. The topological polar surface area (TPSA) is 79.5 Å². The predicted octanol–water partition coefficient (Wildman–Crippen LogP) is 3.05. The van der Waals surface area contributed by atoms with Crippen molar-refractivity contribution in [2.45, 2.75) is 19.6 Å². The maximum atomic E-state index is 10.2. The zero-order chi connectivity index (χ0) is 18.9. The van der Waals surface area contributed by atoms with Crippen LogP contribution >= 0.6 is 24.0 Å². The number of guanidine groups is 1. The lowest BCUT2D eigenvalue weighted by atomic mass is 10.2. The molecule has 0 radical (unpaired) electrons. The number of aliphatic hydroxyl groups is 1. The average molecular weight is 489 g/mol. The Bertz CT molecular complexity index is 707. The molecule has 8 heteroatoms. The number of benzene rings is 1. The Morgan fingerprint density at radius 2 is 2.07 bits per heavy atom. The average Bonchev–Trinajstić information content (AvgIpc) is 3.19. The van der Waals surface area contributed by atoms with E-state index in [0.29, 0.717) is 18.3 Å². The van der Waals surface area contributed by atoms with Gasteiger partial charge in [-0.25, -0.2) is 4.99 Å². The predicted molar refractivity (Wildman–Crippen MR) is 116 cm³/mol. The Morgan fingerprint density at radius 1 is 1.30 bits per heavy atom. The summed E-state index contributed by atoms with van der Waals surface area (Å²) in [6, 6.07) is 9.20. The summed E-state index contributed by atoms with van der Waals surface area (Å²) in [4.78, 5) is 6.49. The molecule has 1 aromatic carbocycles. The Kier molecular flexibility index (Phi) is 10.0. The summed E-state index contributed by atoms with van der Waals surface area (Å²) >= 11 is 0. The van der Waals surface area contributed by atoms with Crippen molar-refractivity contribution in [3.63, 3.8) is 0 Å². The minimum Gasteiger partial charge on any atom is -0.497 e. The molecule has 0 bridgehead atoms. The van der Waals surface area contributed by atoms with Crippen LogP contribution < -0.4 is 14.8 Å². The second-order valence-corrected chi connectivity index (χ2v) is 5.76. The smallest absolute Gasteiger partial charge is 0.194 e. The van der Waals surface area contributed by atoms with Crippen molar-refractivity contribution in [1.82, 2.24) is 10.2 Å².